The van der Waals surface area contributed by atoms with E-state index in [1.165, 1.54) is 12.8 Å². The SMILES string of the molecule is CCCC1CCC(Nc2cc(C(F)(F)F)nc(N)n2)CC1. The van der Waals surface area contributed by atoms with E-state index in [4.69, 9.17) is 5.73 Å². The van der Waals surface area contributed by atoms with Crippen molar-refractivity contribution in [1.29, 1.82) is 0 Å². The summed E-state index contributed by atoms with van der Waals surface area (Å²) in [6.45, 7) is 2.17. The van der Waals surface area contributed by atoms with Crippen LogP contribution in [-0.2, 0) is 6.18 Å². The van der Waals surface area contributed by atoms with Gasteiger partial charge in [-0.25, -0.2) is 4.98 Å². The van der Waals surface area contributed by atoms with E-state index in [-0.39, 0.29) is 17.8 Å². The Balaban J connectivity index is 1.99. The van der Waals surface area contributed by atoms with Crippen molar-refractivity contribution in [2.75, 3.05) is 11.1 Å². The highest BCUT2D eigenvalue weighted by Crippen LogP contribution is 2.31. The molecule has 2 rings (SSSR count). The molecule has 1 aliphatic rings. The Hall–Kier alpha value is -1.53. The van der Waals surface area contributed by atoms with E-state index in [1.807, 2.05) is 0 Å². The highest BCUT2D eigenvalue weighted by molar-refractivity contribution is 5.42. The van der Waals surface area contributed by atoms with Gasteiger partial charge in [0, 0.05) is 12.1 Å². The molecule has 0 unspecified atom stereocenters. The second-order valence-electron chi connectivity index (χ2n) is 5.65. The molecule has 1 saturated carbocycles. The second-order valence-corrected chi connectivity index (χ2v) is 5.65. The summed E-state index contributed by atoms with van der Waals surface area (Å²) in [5.74, 6) is 0.551. The molecular formula is C14H21F3N4. The third-order valence-corrected chi connectivity index (χ3v) is 3.93. The molecule has 0 atom stereocenters. The quantitative estimate of drug-likeness (QED) is 0.886. The monoisotopic (exact) mass is 302 g/mol. The number of rotatable bonds is 4. The van der Waals surface area contributed by atoms with Gasteiger partial charge in [-0.2, -0.15) is 18.2 Å². The van der Waals surface area contributed by atoms with Gasteiger partial charge < -0.3 is 11.1 Å². The summed E-state index contributed by atoms with van der Waals surface area (Å²) in [5, 5.41) is 3.07. The molecule has 0 aromatic carbocycles. The first-order valence-electron chi connectivity index (χ1n) is 7.36. The van der Waals surface area contributed by atoms with Gasteiger partial charge in [0.25, 0.3) is 0 Å². The van der Waals surface area contributed by atoms with E-state index in [1.54, 1.807) is 0 Å². The number of nitrogens with one attached hydrogen (secondary N) is 1. The number of hydrogen-bond acceptors (Lipinski definition) is 4. The van der Waals surface area contributed by atoms with Crippen molar-refractivity contribution < 1.29 is 13.2 Å². The number of alkyl halides is 3. The fourth-order valence-corrected chi connectivity index (χ4v) is 2.90. The Kier molecular flexibility index (Phi) is 4.90. The van der Waals surface area contributed by atoms with Crippen LogP contribution in [0.1, 0.15) is 51.1 Å². The van der Waals surface area contributed by atoms with E-state index < -0.39 is 11.9 Å². The molecule has 0 bridgehead atoms. The summed E-state index contributed by atoms with van der Waals surface area (Å²) in [6, 6.07) is 1.09. The van der Waals surface area contributed by atoms with Crippen molar-refractivity contribution >= 4 is 11.8 Å². The number of nitrogen functional groups attached to an aromatic ring is 1. The van der Waals surface area contributed by atoms with Gasteiger partial charge in [0.15, 0.2) is 5.69 Å². The van der Waals surface area contributed by atoms with Gasteiger partial charge in [0.05, 0.1) is 0 Å². The van der Waals surface area contributed by atoms with Gasteiger partial charge >= 0.3 is 6.18 Å². The lowest BCUT2D eigenvalue weighted by Gasteiger charge is -2.29. The van der Waals surface area contributed by atoms with Gasteiger partial charge in [0.1, 0.15) is 5.82 Å². The van der Waals surface area contributed by atoms with E-state index >= 15 is 0 Å². The Labute approximate surface area is 122 Å². The molecule has 0 aliphatic heterocycles. The average molecular weight is 302 g/mol. The molecule has 1 aromatic rings. The lowest BCUT2D eigenvalue weighted by atomic mass is 9.83. The van der Waals surface area contributed by atoms with Crippen LogP contribution >= 0.6 is 0 Å². The topological polar surface area (TPSA) is 63.8 Å². The third-order valence-electron chi connectivity index (χ3n) is 3.93. The van der Waals surface area contributed by atoms with Crippen LogP contribution in [0.4, 0.5) is 24.9 Å². The number of hydrogen-bond donors (Lipinski definition) is 2. The van der Waals surface area contributed by atoms with Crippen LogP contribution in [0.2, 0.25) is 0 Å². The molecule has 0 saturated heterocycles. The third kappa shape index (κ3) is 4.47. The molecule has 0 amide bonds. The number of aromatic nitrogens is 2. The molecule has 1 heterocycles. The van der Waals surface area contributed by atoms with E-state index in [0.29, 0.717) is 0 Å². The molecule has 118 valence electrons. The van der Waals surface area contributed by atoms with Gasteiger partial charge in [-0.15, -0.1) is 0 Å². The number of halogens is 3. The molecule has 21 heavy (non-hydrogen) atoms. The minimum atomic E-state index is -4.51. The molecule has 3 N–H and O–H groups in total. The highest BCUT2D eigenvalue weighted by Gasteiger charge is 2.33. The van der Waals surface area contributed by atoms with Crippen LogP contribution in [-0.4, -0.2) is 16.0 Å². The van der Waals surface area contributed by atoms with Crippen molar-refractivity contribution in [2.45, 2.75) is 57.7 Å². The zero-order valence-electron chi connectivity index (χ0n) is 12.1. The van der Waals surface area contributed by atoms with Crippen molar-refractivity contribution in [2.24, 2.45) is 5.92 Å². The number of nitrogens with zero attached hydrogens (tertiary/aromatic N) is 2. The molecule has 1 aromatic heterocycles. The van der Waals surface area contributed by atoms with Gasteiger partial charge in [-0.1, -0.05) is 19.8 Å². The van der Waals surface area contributed by atoms with E-state index in [2.05, 4.69) is 22.2 Å². The van der Waals surface area contributed by atoms with Crippen LogP contribution in [0.15, 0.2) is 6.07 Å². The zero-order valence-corrected chi connectivity index (χ0v) is 12.1. The predicted octanol–water partition coefficient (Wildman–Crippen LogP) is 3.85. The summed E-state index contributed by atoms with van der Waals surface area (Å²) in [5.41, 5.74) is 4.36. The highest BCUT2D eigenvalue weighted by atomic mass is 19.4. The van der Waals surface area contributed by atoms with Crippen molar-refractivity contribution in [1.82, 2.24) is 9.97 Å². The zero-order chi connectivity index (χ0) is 15.5. The first-order valence-corrected chi connectivity index (χ1v) is 7.36. The summed E-state index contributed by atoms with van der Waals surface area (Å²) < 4.78 is 38.1. The van der Waals surface area contributed by atoms with Crippen LogP contribution < -0.4 is 11.1 Å². The lowest BCUT2D eigenvalue weighted by Crippen LogP contribution is -2.27. The Bertz CT molecular complexity index is 468. The first kappa shape index (κ1) is 15.9. The summed E-state index contributed by atoms with van der Waals surface area (Å²) in [6.07, 6.45) is 2.03. The maximum atomic E-state index is 12.7. The van der Waals surface area contributed by atoms with Crippen LogP contribution in [0.5, 0.6) is 0 Å². The minimum Gasteiger partial charge on any atom is -0.368 e. The largest absolute Gasteiger partial charge is 0.433 e. The first-order chi connectivity index (χ1) is 9.88. The summed E-state index contributed by atoms with van der Waals surface area (Å²) >= 11 is 0. The van der Waals surface area contributed by atoms with Gasteiger partial charge in [-0.3, -0.25) is 0 Å². The van der Waals surface area contributed by atoms with Crippen LogP contribution in [0.3, 0.4) is 0 Å². The number of nitrogens with two attached hydrogens (primary N) is 1. The fourth-order valence-electron chi connectivity index (χ4n) is 2.90. The predicted molar refractivity (Wildman–Crippen MR) is 75.7 cm³/mol. The van der Waals surface area contributed by atoms with Crippen LogP contribution in [0, 0.1) is 5.92 Å². The molecule has 0 spiro atoms. The lowest BCUT2D eigenvalue weighted by molar-refractivity contribution is -0.141. The van der Waals surface area contributed by atoms with E-state index in [9.17, 15) is 13.2 Å². The van der Waals surface area contributed by atoms with Gasteiger partial charge in [-0.05, 0) is 31.6 Å². The summed E-state index contributed by atoms with van der Waals surface area (Å²) in [4.78, 5) is 7.09. The Morgan fingerprint density at radius 3 is 2.48 bits per heavy atom. The van der Waals surface area contributed by atoms with Crippen molar-refractivity contribution in [3.63, 3.8) is 0 Å². The summed E-state index contributed by atoms with van der Waals surface area (Å²) in [7, 11) is 0. The minimum absolute atomic E-state index is 0.161. The normalized spacial score (nSPS) is 23.0. The van der Waals surface area contributed by atoms with Crippen molar-refractivity contribution in [3.05, 3.63) is 11.8 Å². The van der Waals surface area contributed by atoms with Crippen molar-refractivity contribution in [3.8, 4) is 0 Å². The molecular weight excluding hydrogens is 281 g/mol. The molecule has 1 aliphatic carbocycles. The van der Waals surface area contributed by atoms with Gasteiger partial charge in [0.2, 0.25) is 5.95 Å². The Morgan fingerprint density at radius 1 is 1.24 bits per heavy atom. The maximum absolute atomic E-state index is 12.7. The average Bonchev–Trinajstić information content (AvgIpc) is 2.40. The standard InChI is InChI=1S/C14H21F3N4/c1-2-3-9-4-6-10(7-5-9)19-12-8-11(14(15,16)17)20-13(18)21-12/h8-10H,2-7H2,1H3,(H3,18,19,20,21). The van der Waals surface area contributed by atoms with Crippen LogP contribution in [0.25, 0.3) is 0 Å². The van der Waals surface area contributed by atoms with E-state index in [0.717, 1.165) is 37.7 Å². The second kappa shape index (κ2) is 6.49. The molecule has 4 nitrogen and oxygen atoms in total. The fraction of sp³-hybridized carbons (Fsp3) is 0.714. The smallest absolute Gasteiger partial charge is 0.368 e. The molecule has 7 heteroatoms. The molecule has 0 radical (unpaired) electrons. The Morgan fingerprint density at radius 2 is 1.90 bits per heavy atom. The number of anilines is 2. The maximum Gasteiger partial charge on any atom is 0.433 e. The molecule has 1 fully saturated rings.